The minimum absolute atomic E-state index is 0.0186. The zero-order valence-electron chi connectivity index (χ0n) is 38.4. The Kier molecular flexibility index (Phi) is 15.0. The average Bonchev–Trinajstić information content (AvgIpc) is 3.85. The molecule has 0 unspecified atom stereocenters. The molecular weight excluding hydrogens is 808 g/mol. The maximum absolute atomic E-state index is 15.7. The third kappa shape index (κ3) is 12.0. The predicted molar refractivity (Wildman–Crippen MR) is 248 cm³/mol. The molecule has 0 N–H and O–H groups in total. The van der Waals surface area contributed by atoms with Crippen LogP contribution >= 0.6 is 0 Å². The molecule has 0 bridgehead atoms. The summed E-state index contributed by atoms with van der Waals surface area (Å²) in [5.74, 6) is 0.775. The summed E-state index contributed by atoms with van der Waals surface area (Å²) in [5, 5.41) is 6.15. The van der Waals surface area contributed by atoms with Gasteiger partial charge in [0.15, 0.2) is 24.2 Å². The molecule has 4 aromatic rings. The van der Waals surface area contributed by atoms with E-state index in [2.05, 4.69) is 94.5 Å². The highest BCUT2D eigenvalue weighted by Gasteiger charge is 2.35. The van der Waals surface area contributed by atoms with Crippen LogP contribution in [0.1, 0.15) is 36.7 Å². The predicted octanol–water partition coefficient (Wildman–Crippen LogP) is 9.77. The smallest absolute Gasteiger partial charge is 0.226 e. The van der Waals surface area contributed by atoms with Crippen molar-refractivity contribution in [3.8, 4) is 28.4 Å². The number of fused-ring (bicyclic) bond motifs is 2. The van der Waals surface area contributed by atoms with Crippen molar-refractivity contribution in [1.82, 2.24) is 29.1 Å². The fourth-order valence-corrected chi connectivity index (χ4v) is 9.99. The molecule has 60 heavy (non-hydrogen) atoms. The summed E-state index contributed by atoms with van der Waals surface area (Å²) < 4.78 is 44.0. The minimum atomic E-state index is -1.32. The van der Waals surface area contributed by atoms with Gasteiger partial charge in [0.2, 0.25) is 5.91 Å². The molecule has 0 radical (unpaired) electrons. The van der Waals surface area contributed by atoms with Crippen LogP contribution in [0.2, 0.25) is 77.1 Å². The molecule has 2 aliphatic rings. The van der Waals surface area contributed by atoms with Crippen LogP contribution < -0.4 is 4.74 Å². The quantitative estimate of drug-likeness (QED) is 0.0492. The SMILES string of the molecule is CCc1cc(OCOCC[Si](C)(C)C)c(F)cc1-c1ccc2c(-c3nc4c(n3COCC[Si](C)(C)C)CN(C(=O)C3CCN(C)CC3)C4)nn(COCC[Si](C)(C)C)c2c1. The monoisotopic (exact) mass is 878 g/mol. The summed E-state index contributed by atoms with van der Waals surface area (Å²) in [4.78, 5) is 23.3. The fourth-order valence-electron chi connectivity index (χ4n) is 7.72. The van der Waals surface area contributed by atoms with Gasteiger partial charge in [0, 0.05) is 55.3 Å². The summed E-state index contributed by atoms with van der Waals surface area (Å²) in [6.45, 7) is 28.5. The van der Waals surface area contributed by atoms with E-state index >= 15 is 4.39 Å². The normalized spacial score (nSPS) is 15.7. The maximum atomic E-state index is 15.7. The largest absolute Gasteiger partial charge is 0.464 e. The van der Waals surface area contributed by atoms with Crippen molar-refractivity contribution in [2.45, 2.75) is 130 Å². The van der Waals surface area contributed by atoms with Crippen molar-refractivity contribution in [2.75, 3.05) is 46.8 Å². The number of benzene rings is 2. The maximum Gasteiger partial charge on any atom is 0.226 e. The number of piperidine rings is 1. The van der Waals surface area contributed by atoms with E-state index < -0.39 is 30.0 Å². The van der Waals surface area contributed by atoms with Crippen LogP contribution in [0.25, 0.3) is 33.5 Å². The Morgan fingerprint density at radius 1 is 0.833 bits per heavy atom. The number of carbonyl (C=O) groups is 1. The van der Waals surface area contributed by atoms with Crippen LogP contribution in [0.5, 0.6) is 5.75 Å². The lowest BCUT2D eigenvalue weighted by Gasteiger charge is -2.30. The number of aromatic nitrogens is 4. The molecule has 1 fully saturated rings. The first-order chi connectivity index (χ1) is 28.3. The first-order valence-corrected chi connectivity index (χ1v) is 33.2. The standard InChI is InChI=1S/C45H71FN6O5Si3/c1-12-33-26-42(57-32-56-21-24-60(9,10)11)38(46)27-37(33)35-13-14-36-40(25-35)52(31-55-20-23-59(6,7)8)48-43(36)44-47-39-28-50(45(53)34-15-17-49(2)18-16-34)29-41(39)51(44)30-54-19-22-58(3,4)5/h13-14,25-27,34H,12,15-24,28-32H2,1-11H3. The van der Waals surface area contributed by atoms with Crippen molar-refractivity contribution in [1.29, 1.82) is 0 Å². The number of likely N-dealkylation sites (tertiary alicyclic amines) is 1. The molecule has 2 aliphatic heterocycles. The topological polar surface area (TPSA) is 96.1 Å². The van der Waals surface area contributed by atoms with Crippen molar-refractivity contribution in [3.63, 3.8) is 0 Å². The number of hydrogen-bond donors (Lipinski definition) is 0. The number of imidazole rings is 1. The number of ether oxygens (including phenoxy) is 4. The van der Waals surface area contributed by atoms with Crippen LogP contribution in [0, 0.1) is 11.7 Å². The highest BCUT2D eigenvalue weighted by atomic mass is 28.3. The molecule has 6 rings (SSSR count). The van der Waals surface area contributed by atoms with Gasteiger partial charge < -0.3 is 33.3 Å². The summed E-state index contributed by atoms with van der Waals surface area (Å²) in [5.41, 5.74) is 6.20. The van der Waals surface area contributed by atoms with Crippen molar-refractivity contribution in [3.05, 3.63) is 53.1 Å². The van der Waals surface area contributed by atoms with Gasteiger partial charge in [-0.3, -0.25) is 4.79 Å². The van der Waals surface area contributed by atoms with Gasteiger partial charge in [-0.15, -0.1) is 0 Å². The molecule has 2 aromatic heterocycles. The Bertz CT molecular complexity index is 2100. The molecule has 330 valence electrons. The van der Waals surface area contributed by atoms with Gasteiger partial charge in [-0.1, -0.05) is 71.9 Å². The third-order valence-corrected chi connectivity index (χ3v) is 16.9. The molecule has 0 saturated carbocycles. The number of halogens is 1. The minimum Gasteiger partial charge on any atom is -0.464 e. The second-order valence-electron chi connectivity index (χ2n) is 20.6. The Morgan fingerprint density at radius 3 is 2.10 bits per heavy atom. The number of rotatable bonds is 20. The highest BCUT2D eigenvalue weighted by Crippen LogP contribution is 2.37. The van der Waals surface area contributed by atoms with Crippen molar-refractivity contribution in [2.24, 2.45) is 5.92 Å². The van der Waals surface area contributed by atoms with Gasteiger partial charge in [-0.2, -0.15) is 5.10 Å². The molecule has 2 aromatic carbocycles. The molecule has 0 atom stereocenters. The fraction of sp³-hybridized carbons (Fsp3) is 0.622. The van der Waals surface area contributed by atoms with Crippen LogP contribution in [0.4, 0.5) is 4.39 Å². The van der Waals surface area contributed by atoms with E-state index in [0.717, 1.165) is 94.6 Å². The molecule has 15 heteroatoms. The van der Waals surface area contributed by atoms with Crippen LogP contribution in [-0.2, 0) is 52.0 Å². The Hall–Kier alpha value is -3.19. The lowest BCUT2D eigenvalue weighted by atomic mass is 9.96. The number of aryl methyl sites for hydroxylation is 1. The van der Waals surface area contributed by atoms with E-state index in [1.165, 1.54) is 0 Å². The second-order valence-corrected chi connectivity index (χ2v) is 37.4. The van der Waals surface area contributed by atoms with E-state index in [1.54, 1.807) is 12.1 Å². The number of nitrogens with zero attached hydrogens (tertiary/aromatic N) is 6. The van der Waals surface area contributed by atoms with E-state index in [1.807, 2.05) is 15.6 Å². The molecule has 11 nitrogen and oxygen atoms in total. The first kappa shape index (κ1) is 46.3. The molecule has 0 spiro atoms. The van der Waals surface area contributed by atoms with Gasteiger partial charge in [0.25, 0.3) is 0 Å². The zero-order chi connectivity index (χ0) is 43.4. The van der Waals surface area contributed by atoms with E-state index in [9.17, 15) is 4.79 Å². The molecule has 4 heterocycles. The van der Waals surface area contributed by atoms with Crippen molar-refractivity contribution < 1.29 is 28.1 Å². The lowest BCUT2D eigenvalue weighted by Crippen LogP contribution is -2.39. The van der Waals surface area contributed by atoms with Crippen LogP contribution in [-0.4, -0.2) is 106 Å². The molecule has 0 aliphatic carbocycles. The third-order valence-electron chi connectivity index (χ3n) is 11.8. The van der Waals surface area contributed by atoms with Crippen LogP contribution in [0.15, 0.2) is 30.3 Å². The van der Waals surface area contributed by atoms with E-state index in [0.29, 0.717) is 46.1 Å². The highest BCUT2D eigenvalue weighted by molar-refractivity contribution is 6.76. The first-order valence-electron chi connectivity index (χ1n) is 22.1. The molecule has 1 amide bonds. The Balaban J connectivity index is 1.34. The summed E-state index contributed by atoms with van der Waals surface area (Å²) in [6, 6.07) is 12.7. The van der Waals surface area contributed by atoms with Crippen molar-refractivity contribution >= 4 is 41.0 Å². The summed E-state index contributed by atoms with van der Waals surface area (Å²) >= 11 is 0. The van der Waals surface area contributed by atoms with Gasteiger partial charge in [0.1, 0.15) is 19.2 Å². The van der Waals surface area contributed by atoms with Gasteiger partial charge in [0.05, 0.1) is 30.0 Å². The number of hydrogen-bond acceptors (Lipinski definition) is 8. The summed E-state index contributed by atoms with van der Waals surface area (Å²) in [7, 11) is -1.75. The zero-order valence-corrected chi connectivity index (χ0v) is 41.4. The van der Waals surface area contributed by atoms with Crippen LogP contribution in [0.3, 0.4) is 0 Å². The summed E-state index contributed by atoms with van der Waals surface area (Å²) in [6.07, 6.45) is 2.47. The molecule has 1 saturated heterocycles. The number of carbonyl (C=O) groups excluding carboxylic acids is 1. The number of amides is 1. The molecular formula is C45H71FN6O5Si3. The second kappa shape index (κ2) is 19.5. The van der Waals surface area contributed by atoms with E-state index in [4.69, 9.17) is 29.0 Å². The Labute approximate surface area is 360 Å². The lowest BCUT2D eigenvalue weighted by molar-refractivity contribution is -0.137. The van der Waals surface area contributed by atoms with Gasteiger partial charge in [-0.25, -0.2) is 14.1 Å². The average molecular weight is 879 g/mol. The van der Waals surface area contributed by atoms with Gasteiger partial charge in [-0.05, 0) is 98.5 Å². The van der Waals surface area contributed by atoms with Gasteiger partial charge >= 0.3 is 0 Å². The van der Waals surface area contributed by atoms with E-state index in [-0.39, 0.29) is 31.1 Å². The Morgan fingerprint density at radius 2 is 1.47 bits per heavy atom.